The molecule has 0 bridgehead atoms. The number of fused-ring (bicyclic) bond motifs is 1. The second kappa shape index (κ2) is 13.7. The molecule has 2 saturated heterocycles. The largest absolute Gasteiger partial charge is 0.493 e. The van der Waals surface area contributed by atoms with Gasteiger partial charge in [0.15, 0.2) is 5.78 Å². The summed E-state index contributed by atoms with van der Waals surface area (Å²) < 4.78 is 17.1. The maximum absolute atomic E-state index is 12.9. The number of amides is 1. The lowest BCUT2D eigenvalue weighted by Crippen LogP contribution is -2.52. The highest BCUT2D eigenvalue weighted by molar-refractivity contribution is 5.98. The van der Waals surface area contributed by atoms with Crippen LogP contribution in [0.5, 0.6) is 0 Å². The Morgan fingerprint density at radius 2 is 1.92 bits per heavy atom. The molecule has 0 radical (unpaired) electrons. The zero-order valence-corrected chi connectivity index (χ0v) is 23.1. The van der Waals surface area contributed by atoms with Crippen LogP contribution in [-0.2, 0) is 23.8 Å². The molecular weight excluding hydrogens is 484 g/mol. The van der Waals surface area contributed by atoms with Crippen molar-refractivity contribution in [1.29, 1.82) is 0 Å². The number of unbranched alkanes of at least 4 members (excludes halogenated alkanes) is 1. The Morgan fingerprint density at radius 3 is 2.66 bits per heavy atom. The van der Waals surface area contributed by atoms with Crippen molar-refractivity contribution in [2.24, 2.45) is 11.8 Å². The summed E-state index contributed by atoms with van der Waals surface area (Å²) in [5.74, 6) is 0.938. The molecule has 0 spiro atoms. The number of nitrogens with one attached hydrogen (secondary N) is 1. The molecule has 0 aromatic carbocycles. The number of Topliss-reactive ketones (excluding diaryl/α,β-unsaturated/α-hetero) is 1. The average molecular weight is 529 g/mol. The van der Waals surface area contributed by atoms with Gasteiger partial charge in [-0.3, -0.25) is 9.59 Å². The van der Waals surface area contributed by atoms with Gasteiger partial charge in [0.1, 0.15) is 18.5 Å². The number of allylic oxidation sites excluding steroid dienone is 4. The molecule has 0 aromatic rings. The van der Waals surface area contributed by atoms with Gasteiger partial charge >= 0.3 is 0 Å². The second-order valence-electron chi connectivity index (χ2n) is 11.0. The number of hydrogen-bond acceptors (Lipinski definition) is 7. The maximum atomic E-state index is 12.9. The van der Waals surface area contributed by atoms with E-state index in [9.17, 15) is 14.7 Å². The van der Waals surface area contributed by atoms with Crippen LogP contribution >= 0.6 is 0 Å². The van der Waals surface area contributed by atoms with Gasteiger partial charge in [-0.1, -0.05) is 38.2 Å². The van der Waals surface area contributed by atoms with Gasteiger partial charge in [-0.15, -0.1) is 0 Å². The van der Waals surface area contributed by atoms with Crippen molar-refractivity contribution in [1.82, 2.24) is 10.2 Å². The third-order valence-electron chi connectivity index (χ3n) is 8.15. The van der Waals surface area contributed by atoms with Crippen LogP contribution < -0.4 is 5.32 Å². The van der Waals surface area contributed by atoms with Crippen LogP contribution in [0.4, 0.5) is 0 Å². The Hall–Kier alpha value is -2.26. The van der Waals surface area contributed by atoms with Crippen LogP contribution in [0, 0.1) is 11.8 Å². The van der Waals surface area contributed by atoms with Gasteiger partial charge in [-0.2, -0.15) is 0 Å². The SMILES string of the molecule is COC1C=CC(C(=O)CCCCC(=O)N[C@H](CN2CCCC2)[C@H](O)C2=CC=C3OCCOC3C2C)=CC1C. The normalized spacial score (nSPS) is 28.9. The quantitative estimate of drug-likeness (QED) is 0.376. The molecule has 6 atom stereocenters. The molecule has 0 aromatic heterocycles. The van der Waals surface area contributed by atoms with E-state index in [1.807, 2.05) is 44.2 Å². The zero-order valence-electron chi connectivity index (χ0n) is 23.1. The Labute approximate surface area is 226 Å². The molecule has 2 aliphatic carbocycles. The first-order valence-electron chi connectivity index (χ1n) is 14.2. The van der Waals surface area contributed by atoms with Crippen molar-refractivity contribution < 1.29 is 28.9 Å². The predicted molar refractivity (Wildman–Crippen MR) is 145 cm³/mol. The topological polar surface area (TPSA) is 97.3 Å². The highest BCUT2D eigenvalue weighted by Gasteiger charge is 2.37. The van der Waals surface area contributed by atoms with Gasteiger partial charge in [0.05, 0.1) is 24.9 Å². The summed E-state index contributed by atoms with van der Waals surface area (Å²) in [4.78, 5) is 27.9. The number of methoxy groups -OCH3 is 1. The predicted octanol–water partition coefficient (Wildman–Crippen LogP) is 3.08. The summed E-state index contributed by atoms with van der Waals surface area (Å²) in [6.45, 7) is 7.72. The van der Waals surface area contributed by atoms with E-state index >= 15 is 0 Å². The molecule has 38 heavy (non-hydrogen) atoms. The molecule has 2 heterocycles. The lowest BCUT2D eigenvalue weighted by Gasteiger charge is -2.38. The standard InChI is InChI=1S/C30H44N2O6/c1-20-18-22(10-12-26(20)36-3)25(33)8-4-5-9-28(34)31-24(19-32-14-6-7-15-32)29(35)23-11-13-27-30(21(23)2)38-17-16-37-27/h10-13,18,20-21,24,26,29-30,35H,4-9,14-17,19H2,1-3H3,(H,31,34)/t20?,21?,24-,26?,29-,30?/m1/s1. The molecule has 2 fully saturated rings. The minimum absolute atomic E-state index is 0.00746. The Kier molecular flexibility index (Phi) is 10.4. The first kappa shape index (κ1) is 28.7. The molecular formula is C30H44N2O6. The lowest BCUT2D eigenvalue weighted by atomic mass is 9.83. The number of aliphatic hydroxyl groups excluding tert-OH is 1. The number of aliphatic hydroxyl groups is 1. The number of likely N-dealkylation sites (tertiary alicyclic amines) is 1. The molecule has 2 aliphatic heterocycles. The van der Waals surface area contributed by atoms with Crippen molar-refractivity contribution in [2.75, 3.05) is 40.0 Å². The van der Waals surface area contributed by atoms with Gasteiger partial charge in [-0.25, -0.2) is 0 Å². The summed E-state index contributed by atoms with van der Waals surface area (Å²) in [5, 5.41) is 14.6. The highest BCUT2D eigenvalue weighted by atomic mass is 16.6. The summed E-state index contributed by atoms with van der Waals surface area (Å²) >= 11 is 0. The van der Waals surface area contributed by atoms with Crippen molar-refractivity contribution in [3.8, 4) is 0 Å². The number of carbonyl (C=O) groups is 2. The van der Waals surface area contributed by atoms with E-state index in [1.165, 1.54) is 0 Å². The highest BCUT2D eigenvalue weighted by Crippen LogP contribution is 2.33. The molecule has 1 amide bonds. The van der Waals surface area contributed by atoms with E-state index < -0.39 is 12.1 Å². The molecule has 210 valence electrons. The monoisotopic (exact) mass is 528 g/mol. The number of rotatable bonds is 12. The molecule has 2 N–H and O–H groups in total. The van der Waals surface area contributed by atoms with E-state index in [2.05, 4.69) is 10.2 Å². The van der Waals surface area contributed by atoms with E-state index in [0.717, 1.165) is 42.8 Å². The summed E-state index contributed by atoms with van der Waals surface area (Å²) in [5.41, 5.74) is 1.58. The van der Waals surface area contributed by atoms with Crippen LogP contribution in [0.25, 0.3) is 0 Å². The van der Waals surface area contributed by atoms with Gasteiger partial charge in [0.25, 0.3) is 0 Å². The molecule has 0 saturated carbocycles. The third-order valence-corrected chi connectivity index (χ3v) is 8.15. The fourth-order valence-corrected chi connectivity index (χ4v) is 5.89. The Balaban J connectivity index is 1.29. The number of ether oxygens (including phenoxy) is 3. The van der Waals surface area contributed by atoms with Crippen molar-refractivity contribution in [2.45, 2.75) is 76.7 Å². The molecule has 4 unspecified atom stereocenters. The molecule has 8 heteroatoms. The minimum atomic E-state index is -0.817. The van der Waals surface area contributed by atoms with Crippen LogP contribution in [0.15, 0.2) is 47.3 Å². The third kappa shape index (κ3) is 7.23. The minimum Gasteiger partial charge on any atom is -0.493 e. The summed E-state index contributed by atoms with van der Waals surface area (Å²) in [6.07, 6.45) is 12.8. The average Bonchev–Trinajstić information content (AvgIpc) is 3.44. The Bertz CT molecular complexity index is 964. The van der Waals surface area contributed by atoms with E-state index in [1.54, 1.807) is 7.11 Å². The zero-order chi connectivity index (χ0) is 27.1. The smallest absolute Gasteiger partial charge is 0.220 e. The lowest BCUT2D eigenvalue weighted by molar-refractivity contribution is -0.123. The number of ketones is 1. The first-order chi connectivity index (χ1) is 18.4. The van der Waals surface area contributed by atoms with Gasteiger partial charge in [0.2, 0.25) is 5.91 Å². The van der Waals surface area contributed by atoms with Gasteiger partial charge < -0.3 is 29.5 Å². The first-order valence-corrected chi connectivity index (χ1v) is 14.2. The number of hydrogen-bond donors (Lipinski definition) is 2. The van der Waals surface area contributed by atoms with E-state index in [-0.39, 0.29) is 35.7 Å². The fraction of sp³-hybridized carbons (Fsp3) is 0.667. The fourth-order valence-electron chi connectivity index (χ4n) is 5.89. The van der Waals surface area contributed by atoms with E-state index in [0.29, 0.717) is 45.4 Å². The van der Waals surface area contributed by atoms with Gasteiger partial charge in [-0.05, 0) is 50.4 Å². The van der Waals surface area contributed by atoms with Crippen molar-refractivity contribution >= 4 is 11.7 Å². The molecule has 4 rings (SSSR count). The van der Waals surface area contributed by atoms with Crippen LogP contribution in [0.1, 0.15) is 52.4 Å². The maximum Gasteiger partial charge on any atom is 0.220 e. The van der Waals surface area contributed by atoms with Crippen molar-refractivity contribution in [3.63, 3.8) is 0 Å². The van der Waals surface area contributed by atoms with Gasteiger partial charge in [0, 0.05) is 43.9 Å². The Morgan fingerprint density at radius 1 is 1.16 bits per heavy atom. The van der Waals surface area contributed by atoms with Crippen LogP contribution in [-0.4, -0.2) is 86.0 Å². The molecule has 4 aliphatic rings. The summed E-state index contributed by atoms with van der Waals surface area (Å²) in [7, 11) is 1.67. The molecule has 8 nitrogen and oxygen atoms in total. The second-order valence-corrected chi connectivity index (χ2v) is 11.0. The summed E-state index contributed by atoms with van der Waals surface area (Å²) in [6, 6.07) is -0.414. The van der Waals surface area contributed by atoms with E-state index in [4.69, 9.17) is 14.2 Å². The van der Waals surface area contributed by atoms with Crippen LogP contribution in [0.3, 0.4) is 0 Å². The van der Waals surface area contributed by atoms with Crippen molar-refractivity contribution in [3.05, 3.63) is 47.3 Å². The van der Waals surface area contributed by atoms with Crippen LogP contribution in [0.2, 0.25) is 0 Å². The number of carbonyl (C=O) groups excluding carboxylic acids is 2. The number of nitrogens with zero attached hydrogens (tertiary/aromatic N) is 1.